The fourth-order valence-electron chi connectivity index (χ4n) is 3.81. The number of hydrogen-bond donors (Lipinski definition) is 2. The maximum absolute atomic E-state index is 12.5. The molecule has 1 aliphatic carbocycles. The van der Waals surface area contributed by atoms with Crippen molar-refractivity contribution in [1.29, 1.82) is 0 Å². The number of carbonyl (C=O) groups is 1. The lowest BCUT2D eigenvalue weighted by Gasteiger charge is -2.20. The molecule has 2 aromatic carbocycles. The molecule has 4 rings (SSSR count). The molecule has 4 nitrogen and oxygen atoms in total. The van der Waals surface area contributed by atoms with Crippen LogP contribution in [0.1, 0.15) is 43.2 Å². The number of imidazole rings is 1. The van der Waals surface area contributed by atoms with Crippen molar-refractivity contribution in [3.8, 4) is 11.4 Å². The molecule has 0 bridgehead atoms. The lowest BCUT2D eigenvalue weighted by Crippen LogP contribution is -2.24. The second-order valence-corrected chi connectivity index (χ2v) is 7.46. The SMILES string of the molecule is Cc1ccc(C)c(-c2nc3ccc(NC(=O)C4CCCCC4)cc3[nH]2)c1. The number of aromatic amines is 1. The van der Waals surface area contributed by atoms with Gasteiger partial charge in [0.05, 0.1) is 11.0 Å². The predicted molar refractivity (Wildman–Crippen MR) is 106 cm³/mol. The minimum Gasteiger partial charge on any atom is -0.338 e. The highest BCUT2D eigenvalue weighted by Gasteiger charge is 2.21. The van der Waals surface area contributed by atoms with E-state index in [1.165, 1.54) is 17.5 Å². The molecule has 0 saturated heterocycles. The van der Waals surface area contributed by atoms with Crippen LogP contribution in [-0.2, 0) is 4.79 Å². The second kappa shape index (κ2) is 6.94. The molecule has 0 unspecified atom stereocenters. The van der Waals surface area contributed by atoms with Gasteiger partial charge in [-0.3, -0.25) is 4.79 Å². The van der Waals surface area contributed by atoms with Gasteiger partial charge in [-0.25, -0.2) is 4.98 Å². The zero-order valence-electron chi connectivity index (χ0n) is 15.4. The van der Waals surface area contributed by atoms with Crippen LogP contribution in [0.2, 0.25) is 0 Å². The summed E-state index contributed by atoms with van der Waals surface area (Å²) in [5, 5.41) is 3.09. The molecule has 0 radical (unpaired) electrons. The zero-order chi connectivity index (χ0) is 18.1. The molecule has 1 aliphatic rings. The van der Waals surface area contributed by atoms with Gasteiger partial charge in [-0.1, -0.05) is 37.0 Å². The predicted octanol–water partition coefficient (Wildman–Crippen LogP) is 5.37. The van der Waals surface area contributed by atoms with E-state index in [0.717, 1.165) is 53.8 Å². The van der Waals surface area contributed by atoms with Gasteiger partial charge in [-0.2, -0.15) is 0 Å². The Morgan fingerprint density at radius 1 is 1.08 bits per heavy atom. The molecule has 0 aliphatic heterocycles. The summed E-state index contributed by atoms with van der Waals surface area (Å²) in [6.45, 7) is 4.18. The largest absolute Gasteiger partial charge is 0.338 e. The summed E-state index contributed by atoms with van der Waals surface area (Å²) in [5.74, 6) is 1.18. The molecule has 2 N–H and O–H groups in total. The molecule has 1 heterocycles. The van der Waals surface area contributed by atoms with Gasteiger partial charge in [0, 0.05) is 17.2 Å². The van der Waals surface area contributed by atoms with E-state index < -0.39 is 0 Å². The number of fused-ring (bicyclic) bond motifs is 1. The Bertz CT molecular complexity index is 951. The number of rotatable bonds is 3. The van der Waals surface area contributed by atoms with Crippen LogP contribution >= 0.6 is 0 Å². The molecule has 1 amide bonds. The van der Waals surface area contributed by atoms with Crippen LogP contribution in [-0.4, -0.2) is 15.9 Å². The Kier molecular flexibility index (Phi) is 4.49. The van der Waals surface area contributed by atoms with Gasteiger partial charge in [-0.15, -0.1) is 0 Å². The van der Waals surface area contributed by atoms with Gasteiger partial charge in [0.15, 0.2) is 0 Å². The number of benzene rings is 2. The van der Waals surface area contributed by atoms with Crippen molar-refractivity contribution in [3.05, 3.63) is 47.5 Å². The molecule has 0 spiro atoms. The van der Waals surface area contributed by atoms with Crippen LogP contribution < -0.4 is 5.32 Å². The maximum atomic E-state index is 12.5. The van der Waals surface area contributed by atoms with E-state index in [1.807, 2.05) is 18.2 Å². The number of aryl methyl sites for hydroxylation is 2. The van der Waals surface area contributed by atoms with Gasteiger partial charge in [0.2, 0.25) is 5.91 Å². The first-order valence-electron chi connectivity index (χ1n) is 9.48. The molecular formula is C22H25N3O. The van der Waals surface area contributed by atoms with E-state index in [1.54, 1.807) is 0 Å². The monoisotopic (exact) mass is 347 g/mol. The topological polar surface area (TPSA) is 57.8 Å². The molecule has 4 heteroatoms. The number of aromatic nitrogens is 2. The Morgan fingerprint density at radius 3 is 2.69 bits per heavy atom. The molecule has 1 fully saturated rings. The first-order valence-corrected chi connectivity index (χ1v) is 9.48. The zero-order valence-corrected chi connectivity index (χ0v) is 15.4. The van der Waals surface area contributed by atoms with E-state index in [2.05, 4.69) is 42.3 Å². The van der Waals surface area contributed by atoms with Crippen LogP contribution in [0.4, 0.5) is 5.69 Å². The van der Waals surface area contributed by atoms with Crippen molar-refractivity contribution in [2.45, 2.75) is 46.0 Å². The molecule has 3 aromatic rings. The number of hydrogen-bond acceptors (Lipinski definition) is 2. The Balaban J connectivity index is 1.59. The van der Waals surface area contributed by atoms with Crippen LogP contribution in [0.3, 0.4) is 0 Å². The summed E-state index contributed by atoms with van der Waals surface area (Å²) >= 11 is 0. The fourth-order valence-corrected chi connectivity index (χ4v) is 3.81. The van der Waals surface area contributed by atoms with E-state index in [-0.39, 0.29) is 11.8 Å². The summed E-state index contributed by atoms with van der Waals surface area (Å²) in [6, 6.07) is 12.3. The lowest BCUT2D eigenvalue weighted by atomic mass is 9.88. The highest BCUT2D eigenvalue weighted by atomic mass is 16.1. The summed E-state index contributed by atoms with van der Waals surface area (Å²) in [7, 11) is 0. The van der Waals surface area contributed by atoms with Crippen LogP contribution in [0.25, 0.3) is 22.4 Å². The van der Waals surface area contributed by atoms with Crippen LogP contribution in [0.5, 0.6) is 0 Å². The highest BCUT2D eigenvalue weighted by molar-refractivity contribution is 5.95. The van der Waals surface area contributed by atoms with Crippen LogP contribution in [0.15, 0.2) is 36.4 Å². The quantitative estimate of drug-likeness (QED) is 0.669. The summed E-state index contributed by atoms with van der Waals surface area (Å²) in [6.07, 6.45) is 5.60. The van der Waals surface area contributed by atoms with Gasteiger partial charge in [0.25, 0.3) is 0 Å². The molecule has 1 saturated carbocycles. The van der Waals surface area contributed by atoms with Gasteiger partial charge < -0.3 is 10.3 Å². The van der Waals surface area contributed by atoms with Crippen molar-refractivity contribution in [1.82, 2.24) is 9.97 Å². The number of nitrogens with one attached hydrogen (secondary N) is 2. The average Bonchev–Trinajstić information content (AvgIpc) is 3.07. The standard InChI is InChI=1S/C22H25N3O/c1-14-8-9-15(2)18(12-14)21-24-19-11-10-17(13-20(19)25-21)23-22(26)16-6-4-3-5-7-16/h8-13,16H,3-7H2,1-2H3,(H,23,26)(H,24,25). The third kappa shape index (κ3) is 3.36. The molecule has 1 aromatic heterocycles. The normalized spacial score (nSPS) is 15.3. The van der Waals surface area contributed by atoms with Crippen molar-refractivity contribution < 1.29 is 4.79 Å². The Hall–Kier alpha value is -2.62. The van der Waals surface area contributed by atoms with Crippen molar-refractivity contribution >= 4 is 22.6 Å². The first-order chi connectivity index (χ1) is 12.6. The minimum absolute atomic E-state index is 0.151. The Morgan fingerprint density at radius 2 is 1.88 bits per heavy atom. The summed E-state index contributed by atoms with van der Waals surface area (Å²) in [5.41, 5.74) is 6.23. The van der Waals surface area contributed by atoms with Crippen molar-refractivity contribution in [3.63, 3.8) is 0 Å². The van der Waals surface area contributed by atoms with Gasteiger partial charge >= 0.3 is 0 Å². The van der Waals surface area contributed by atoms with Gasteiger partial charge in [-0.05, 0) is 56.5 Å². The lowest BCUT2D eigenvalue weighted by molar-refractivity contribution is -0.120. The third-order valence-corrected chi connectivity index (χ3v) is 5.37. The Labute approximate surface area is 154 Å². The molecular weight excluding hydrogens is 322 g/mol. The van der Waals surface area contributed by atoms with Crippen molar-refractivity contribution in [2.24, 2.45) is 5.92 Å². The fraction of sp³-hybridized carbons (Fsp3) is 0.364. The second-order valence-electron chi connectivity index (χ2n) is 7.46. The first kappa shape index (κ1) is 16.8. The van der Waals surface area contributed by atoms with E-state index in [0.29, 0.717) is 0 Å². The average molecular weight is 347 g/mol. The van der Waals surface area contributed by atoms with Gasteiger partial charge in [0.1, 0.15) is 5.82 Å². The number of carbonyl (C=O) groups excluding carboxylic acids is 1. The number of anilines is 1. The summed E-state index contributed by atoms with van der Waals surface area (Å²) < 4.78 is 0. The third-order valence-electron chi connectivity index (χ3n) is 5.37. The number of nitrogens with zero attached hydrogens (tertiary/aromatic N) is 1. The van der Waals surface area contributed by atoms with E-state index in [9.17, 15) is 4.79 Å². The minimum atomic E-state index is 0.151. The molecule has 134 valence electrons. The number of H-pyrrole nitrogens is 1. The maximum Gasteiger partial charge on any atom is 0.227 e. The molecule has 0 atom stereocenters. The van der Waals surface area contributed by atoms with E-state index >= 15 is 0 Å². The highest BCUT2D eigenvalue weighted by Crippen LogP contribution is 2.28. The smallest absolute Gasteiger partial charge is 0.227 e. The van der Waals surface area contributed by atoms with Crippen LogP contribution in [0, 0.1) is 19.8 Å². The summed E-state index contributed by atoms with van der Waals surface area (Å²) in [4.78, 5) is 20.6. The van der Waals surface area contributed by atoms with E-state index in [4.69, 9.17) is 4.98 Å². The molecule has 26 heavy (non-hydrogen) atoms. The van der Waals surface area contributed by atoms with Crippen molar-refractivity contribution in [2.75, 3.05) is 5.32 Å². The number of amides is 1.